The smallest absolute Gasteiger partial charge is 0.244 e. The number of ketones is 1. The maximum absolute atomic E-state index is 11.8. The molecule has 0 radical (unpaired) electrons. The van der Waals surface area contributed by atoms with Crippen LogP contribution >= 0.6 is 0 Å². The number of hydrogen-bond acceptors (Lipinski definition) is 3. The molecule has 1 N–H and O–H groups in total. The van der Waals surface area contributed by atoms with Crippen molar-refractivity contribution in [1.82, 2.24) is 0 Å². The van der Waals surface area contributed by atoms with Crippen molar-refractivity contribution in [2.45, 2.75) is 13.3 Å². The van der Waals surface area contributed by atoms with Crippen LogP contribution in [-0.2, 0) is 4.79 Å². The van der Waals surface area contributed by atoms with Crippen LogP contribution in [-0.4, -0.2) is 18.2 Å². The standard InChI is InChI=1S/C17H16N2O2/c1-2-16(20)12-7-9-13(10-8-12)19-11-17(21)18-14-5-3-4-6-15(14)19/h3-10H,2,11H2,1H3,(H,18,21). The van der Waals surface area contributed by atoms with Crippen molar-refractivity contribution in [3.8, 4) is 0 Å². The van der Waals surface area contributed by atoms with Crippen LogP contribution in [0.4, 0.5) is 17.1 Å². The van der Waals surface area contributed by atoms with Gasteiger partial charge in [-0.3, -0.25) is 9.59 Å². The summed E-state index contributed by atoms with van der Waals surface area (Å²) in [6, 6.07) is 15.1. The summed E-state index contributed by atoms with van der Waals surface area (Å²) in [5.41, 5.74) is 3.38. The predicted octanol–water partition coefficient (Wildman–Crippen LogP) is 3.37. The Balaban J connectivity index is 1.97. The highest BCUT2D eigenvalue weighted by Gasteiger charge is 2.22. The number of carbonyl (C=O) groups is 2. The fourth-order valence-corrected chi connectivity index (χ4v) is 2.49. The molecular weight excluding hydrogens is 264 g/mol. The molecular formula is C17H16N2O2. The van der Waals surface area contributed by atoms with Crippen LogP contribution in [0.1, 0.15) is 23.7 Å². The average Bonchev–Trinajstić information content (AvgIpc) is 2.53. The predicted molar refractivity (Wildman–Crippen MR) is 83.1 cm³/mol. The molecule has 1 aliphatic heterocycles. The molecule has 4 nitrogen and oxygen atoms in total. The molecule has 1 heterocycles. The molecule has 2 aromatic carbocycles. The first-order valence-corrected chi connectivity index (χ1v) is 6.98. The van der Waals surface area contributed by atoms with E-state index in [1.54, 1.807) is 0 Å². The number of para-hydroxylation sites is 2. The molecule has 106 valence electrons. The molecule has 21 heavy (non-hydrogen) atoms. The lowest BCUT2D eigenvalue weighted by atomic mass is 10.1. The highest BCUT2D eigenvalue weighted by atomic mass is 16.2. The van der Waals surface area contributed by atoms with Gasteiger partial charge < -0.3 is 10.2 Å². The van der Waals surface area contributed by atoms with Crippen LogP contribution in [0, 0.1) is 0 Å². The van der Waals surface area contributed by atoms with Crippen molar-refractivity contribution < 1.29 is 9.59 Å². The van der Waals surface area contributed by atoms with Gasteiger partial charge in [-0.25, -0.2) is 0 Å². The van der Waals surface area contributed by atoms with Gasteiger partial charge in [0.2, 0.25) is 5.91 Å². The maximum Gasteiger partial charge on any atom is 0.244 e. The third-order valence-electron chi connectivity index (χ3n) is 3.59. The Labute approximate surface area is 123 Å². The van der Waals surface area contributed by atoms with E-state index in [0.717, 1.165) is 17.1 Å². The summed E-state index contributed by atoms with van der Waals surface area (Å²) in [7, 11) is 0. The molecule has 0 aromatic heterocycles. The number of Topliss-reactive ketones (excluding diaryl/α,β-unsaturated/α-hetero) is 1. The maximum atomic E-state index is 11.8. The van der Waals surface area contributed by atoms with Crippen LogP contribution in [0.2, 0.25) is 0 Å². The van der Waals surface area contributed by atoms with Gasteiger partial charge in [-0.2, -0.15) is 0 Å². The second-order valence-electron chi connectivity index (χ2n) is 4.98. The zero-order valence-corrected chi connectivity index (χ0v) is 11.8. The number of carbonyl (C=O) groups excluding carboxylic acids is 2. The number of benzene rings is 2. The molecule has 1 amide bonds. The molecule has 0 saturated carbocycles. The Morgan fingerprint density at radius 3 is 2.57 bits per heavy atom. The van der Waals surface area contributed by atoms with E-state index in [-0.39, 0.29) is 18.2 Å². The molecule has 0 bridgehead atoms. The minimum absolute atomic E-state index is 0.0394. The summed E-state index contributed by atoms with van der Waals surface area (Å²) in [4.78, 5) is 25.5. The van der Waals surface area contributed by atoms with Crippen LogP contribution in [0.15, 0.2) is 48.5 Å². The second-order valence-corrected chi connectivity index (χ2v) is 4.98. The Kier molecular flexibility index (Phi) is 3.44. The third kappa shape index (κ3) is 2.52. The number of nitrogens with one attached hydrogen (secondary N) is 1. The Bertz CT molecular complexity index is 692. The third-order valence-corrected chi connectivity index (χ3v) is 3.59. The lowest BCUT2D eigenvalue weighted by Crippen LogP contribution is -2.34. The van der Waals surface area contributed by atoms with Crippen LogP contribution in [0.5, 0.6) is 0 Å². The minimum atomic E-state index is -0.0394. The Morgan fingerprint density at radius 1 is 1.14 bits per heavy atom. The zero-order chi connectivity index (χ0) is 14.8. The van der Waals surface area contributed by atoms with E-state index < -0.39 is 0 Å². The molecule has 0 fully saturated rings. The molecule has 0 saturated heterocycles. The van der Waals surface area contributed by atoms with E-state index in [1.165, 1.54) is 0 Å². The van der Waals surface area contributed by atoms with Gasteiger partial charge in [-0.1, -0.05) is 19.1 Å². The van der Waals surface area contributed by atoms with Gasteiger partial charge >= 0.3 is 0 Å². The molecule has 2 aromatic rings. The first kappa shape index (κ1) is 13.4. The molecule has 0 unspecified atom stereocenters. The number of fused-ring (bicyclic) bond motifs is 1. The van der Waals surface area contributed by atoms with E-state index in [1.807, 2.05) is 60.4 Å². The molecule has 3 rings (SSSR count). The number of anilines is 3. The molecule has 1 aliphatic rings. The van der Waals surface area contributed by atoms with E-state index in [4.69, 9.17) is 0 Å². The Hall–Kier alpha value is -2.62. The molecule has 0 spiro atoms. The van der Waals surface area contributed by atoms with Crippen molar-refractivity contribution in [3.05, 3.63) is 54.1 Å². The quantitative estimate of drug-likeness (QED) is 0.877. The topological polar surface area (TPSA) is 49.4 Å². The first-order chi connectivity index (χ1) is 10.2. The number of hydrogen-bond donors (Lipinski definition) is 1. The normalized spacial score (nSPS) is 13.6. The van der Waals surface area contributed by atoms with Crippen molar-refractivity contribution in [3.63, 3.8) is 0 Å². The largest absolute Gasteiger partial charge is 0.330 e. The summed E-state index contributed by atoms with van der Waals surface area (Å²) >= 11 is 0. The van der Waals surface area contributed by atoms with Crippen LogP contribution in [0.25, 0.3) is 0 Å². The first-order valence-electron chi connectivity index (χ1n) is 6.98. The Morgan fingerprint density at radius 2 is 1.86 bits per heavy atom. The lowest BCUT2D eigenvalue weighted by molar-refractivity contribution is -0.115. The van der Waals surface area contributed by atoms with E-state index >= 15 is 0 Å². The van der Waals surface area contributed by atoms with Crippen LogP contribution in [0.3, 0.4) is 0 Å². The fourth-order valence-electron chi connectivity index (χ4n) is 2.49. The van der Waals surface area contributed by atoms with E-state index in [0.29, 0.717) is 12.0 Å². The van der Waals surface area contributed by atoms with Gasteiger partial charge in [-0.05, 0) is 36.4 Å². The highest BCUT2D eigenvalue weighted by molar-refractivity contribution is 6.03. The van der Waals surface area contributed by atoms with Gasteiger partial charge in [0.25, 0.3) is 0 Å². The monoisotopic (exact) mass is 280 g/mol. The zero-order valence-electron chi connectivity index (χ0n) is 11.8. The molecule has 0 aliphatic carbocycles. The fraction of sp³-hybridized carbons (Fsp3) is 0.176. The summed E-state index contributed by atoms with van der Waals surface area (Å²) in [6.45, 7) is 2.12. The van der Waals surface area contributed by atoms with E-state index in [9.17, 15) is 9.59 Å². The van der Waals surface area contributed by atoms with E-state index in [2.05, 4.69) is 5.32 Å². The summed E-state index contributed by atoms with van der Waals surface area (Å²) in [5, 5.41) is 2.86. The molecule has 4 heteroatoms. The van der Waals surface area contributed by atoms with Crippen molar-refractivity contribution >= 4 is 28.8 Å². The van der Waals surface area contributed by atoms with Gasteiger partial charge in [-0.15, -0.1) is 0 Å². The molecule has 0 atom stereocenters. The van der Waals surface area contributed by atoms with Gasteiger partial charge in [0.15, 0.2) is 5.78 Å². The SMILES string of the molecule is CCC(=O)c1ccc(N2CC(=O)Nc3ccccc32)cc1. The van der Waals surface area contributed by atoms with Crippen molar-refractivity contribution in [2.24, 2.45) is 0 Å². The number of amides is 1. The van der Waals surface area contributed by atoms with Crippen molar-refractivity contribution in [1.29, 1.82) is 0 Å². The summed E-state index contributed by atoms with van der Waals surface area (Å²) < 4.78 is 0. The van der Waals surface area contributed by atoms with Crippen molar-refractivity contribution in [2.75, 3.05) is 16.8 Å². The van der Waals surface area contributed by atoms with Gasteiger partial charge in [0.1, 0.15) is 6.54 Å². The van der Waals surface area contributed by atoms with Gasteiger partial charge in [0, 0.05) is 17.7 Å². The van der Waals surface area contributed by atoms with Gasteiger partial charge in [0.05, 0.1) is 11.4 Å². The minimum Gasteiger partial charge on any atom is -0.330 e. The van der Waals surface area contributed by atoms with Crippen LogP contribution < -0.4 is 10.2 Å². The average molecular weight is 280 g/mol. The number of nitrogens with zero attached hydrogens (tertiary/aromatic N) is 1. The summed E-state index contributed by atoms with van der Waals surface area (Å²) in [6.07, 6.45) is 0.494. The summed E-state index contributed by atoms with van der Waals surface area (Å²) in [5.74, 6) is 0.0840. The second kappa shape index (κ2) is 5.40. The lowest BCUT2D eigenvalue weighted by Gasteiger charge is -2.30. The number of rotatable bonds is 3. The highest BCUT2D eigenvalue weighted by Crippen LogP contribution is 2.34.